The van der Waals surface area contributed by atoms with Crippen LogP contribution in [0, 0.1) is 17.8 Å². The maximum Gasteiger partial charge on any atom is 0.247 e. The number of fused-ring (bicyclic) bond motifs is 5. The Bertz CT molecular complexity index is 1250. The molecule has 0 spiro atoms. The number of morpholine rings is 1. The lowest BCUT2D eigenvalue weighted by atomic mass is 9.77. The van der Waals surface area contributed by atoms with E-state index < -0.39 is 30.1 Å². The van der Waals surface area contributed by atoms with Gasteiger partial charge in [0.25, 0.3) is 0 Å². The van der Waals surface area contributed by atoms with Crippen LogP contribution >= 0.6 is 0 Å². The predicted octanol–water partition coefficient (Wildman–Crippen LogP) is 1.12. The van der Waals surface area contributed by atoms with Gasteiger partial charge in [0.1, 0.15) is 18.5 Å². The van der Waals surface area contributed by atoms with Crippen molar-refractivity contribution < 1.29 is 38.8 Å². The molecule has 2 heterocycles. The molecule has 3 N–H and O–H groups in total. The third-order valence-corrected chi connectivity index (χ3v) is 10.2. The summed E-state index contributed by atoms with van der Waals surface area (Å²) in [6.07, 6.45) is 5.53. The molecule has 2 bridgehead atoms. The van der Waals surface area contributed by atoms with Crippen molar-refractivity contribution in [2.75, 3.05) is 59.7 Å². The number of benzene rings is 1. The summed E-state index contributed by atoms with van der Waals surface area (Å²) in [6, 6.07) is 2.43. The van der Waals surface area contributed by atoms with E-state index in [9.17, 15) is 24.6 Å². The number of rotatable bonds is 11. The Kier molecular flexibility index (Phi) is 9.04. The van der Waals surface area contributed by atoms with Gasteiger partial charge in [-0.1, -0.05) is 6.42 Å². The highest BCUT2D eigenvalue weighted by Crippen LogP contribution is 2.52. The van der Waals surface area contributed by atoms with Gasteiger partial charge in [-0.15, -0.1) is 0 Å². The van der Waals surface area contributed by atoms with E-state index in [2.05, 4.69) is 10.2 Å². The van der Waals surface area contributed by atoms with E-state index in [1.165, 1.54) is 26.4 Å². The minimum Gasteiger partial charge on any atom is -0.493 e. The van der Waals surface area contributed by atoms with Crippen LogP contribution in [0.2, 0.25) is 0 Å². The van der Waals surface area contributed by atoms with Crippen molar-refractivity contribution in [3.05, 3.63) is 34.9 Å². The number of amides is 2. The summed E-state index contributed by atoms with van der Waals surface area (Å²) < 4.78 is 17.4. The second-order valence-corrected chi connectivity index (χ2v) is 12.6. The molecule has 7 atom stereocenters. The van der Waals surface area contributed by atoms with Crippen LogP contribution in [0.5, 0.6) is 11.5 Å². The summed E-state index contributed by atoms with van der Waals surface area (Å²) in [5.74, 6) is 1.23. The van der Waals surface area contributed by atoms with E-state index in [1.807, 2.05) is 0 Å². The van der Waals surface area contributed by atoms with E-state index in [4.69, 9.17) is 14.2 Å². The van der Waals surface area contributed by atoms with Crippen LogP contribution in [0.25, 0.3) is 0 Å². The number of hydrogen-bond donors (Lipinski definition) is 3. The van der Waals surface area contributed by atoms with Crippen LogP contribution in [0.15, 0.2) is 23.8 Å². The number of carbonyl (C=O) groups excluding carboxylic acids is 3. The summed E-state index contributed by atoms with van der Waals surface area (Å²) in [5, 5.41) is 24.1. The molecule has 234 valence electrons. The minimum absolute atomic E-state index is 0.0176. The minimum atomic E-state index is -1.13. The Labute approximate surface area is 252 Å². The Balaban J connectivity index is 1.34. The predicted molar refractivity (Wildman–Crippen MR) is 156 cm³/mol. The lowest BCUT2D eigenvalue weighted by Gasteiger charge is -2.42. The standard InChI is InChI=1S/C32H43N3O8/c1-41-26-15-20(18-37)14-23-28-24(32(40)33-4-9-36)17-25(29(39)31(28)43-30(23)26)35(6-5-34-7-10-42-11-8-34)27(38)16-22-13-19-2-3-21(22)12-19/h14-15,17-19,21-22,25,28-29,31,36,39H,2-13,16H2,1H3,(H,33,40). The van der Waals surface area contributed by atoms with Gasteiger partial charge in [0.05, 0.1) is 38.9 Å². The Morgan fingerprint density at radius 1 is 1.21 bits per heavy atom. The molecular weight excluding hydrogens is 554 g/mol. The molecule has 3 aliphatic carbocycles. The van der Waals surface area contributed by atoms with Crippen molar-refractivity contribution in [3.63, 3.8) is 0 Å². The largest absolute Gasteiger partial charge is 0.493 e. The van der Waals surface area contributed by atoms with Gasteiger partial charge in [0.15, 0.2) is 11.5 Å². The Morgan fingerprint density at radius 3 is 2.70 bits per heavy atom. The maximum absolute atomic E-state index is 14.1. The van der Waals surface area contributed by atoms with E-state index in [0.29, 0.717) is 85.0 Å². The fourth-order valence-corrected chi connectivity index (χ4v) is 8.04. The van der Waals surface area contributed by atoms with Crippen molar-refractivity contribution in [1.82, 2.24) is 15.1 Å². The lowest BCUT2D eigenvalue weighted by molar-refractivity contribution is -0.139. The number of nitrogens with one attached hydrogen (secondary N) is 1. The zero-order valence-electron chi connectivity index (χ0n) is 24.8. The molecule has 5 aliphatic rings. The highest BCUT2D eigenvalue weighted by atomic mass is 16.5. The van der Waals surface area contributed by atoms with Crippen molar-refractivity contribution in [2.24, 2.45) is 17.8 Å². The molecular formula is C32H43N3O8. The molecule has 7 unspecified atom stereocenters. The van der Waals surface area contributed by atoms with Crippen LogP contribution in [0.4, 0.5) is 0 Å². The summed E-state index contributed by atoms with van der Waals surface area (Å²) in [7, 11) is 1.47. The smallest absolute Gasteiger partial charge is 0.247 e. The zero-order valence-corrected chi connectivity index (χ0v) is 24.8. The number of carbonyl (C=O) groups is 3. The van der Waals surface area contributed by atoms with Crippen molar-refractivity contribution in [3.8, 4) is 11.5 Å². The SMILES string of the molecule is COc1cc(C=O)cc2c1OC1C2C(C(=O)NCCO)=CC(N(CCN2CCOCC2)C(=O)CC2CC3CCC2C3)C1O. The third kappa shape index (κ3) is 5.92. The fraction of sp³-hybridized carbons (Fsp3) is 0.656. The van der Waals surface area contributed by atoms with Crippen LogP contribution in [0.3, 0.4) is 0 Å². The van der Waals surface area contributed by atoms with Gasteiger partial charge in [-0.05, 0) is 55.2 Å². The number of aliphatic hydroxyl groups is 2. The van der Waals surface area contributed by atoms with Gasteiger partial charge >= 0.3 is 0 Å². The summed E-state index contributed by atoms with van der Waals surface area (Å²) in [6.45, 7) is 3.66. The molecule has 0 aromatic heterocycles. The highest BCUT2D eigenvalue weighted by molar-refractivity contribution is 5.96. The number of methoxy groups -OCH3 is 1. The fourth-order valence-electron chi connectivity index (χ4n) is 8.04. The van der Waals surface area contributed by atoms with E-state index in [1.54, 1.807) is 23.1 Å². The molecule has 1 aromatic carbocycles. The number of ether oxygens (including phenoxy) is 3. The first-order valence-corrected chi connectivity index (χ1v) is 15.6. The van der Waals surface area contributed by atoms with Crippen molar-refractivity contribution in [1.29, 1.82) is 0 Å². The highest BCUT2D eigenvalue weighted by Gasteiger charge is 2.52. The van der Waals surface area contributed by atoms with Crippen molar-refractivity contribution in [2.45, 2.75) is 56.3 Å². The average Bonchev–Trinajstić information content (AvgIpc) is 3.76. The molecule has 2 aliphatic heterocycles. The van der Waals surface area contributed by atoms with Crippen molar-refractivity contribution >= 4 is 18.1 Å². The average molecular weight is 598 g/mol. The zero-order chi connectivity index (χ0) is 30.1. The topological polar surface area (TPSA) is 138 Å². The normalized spacial score (nSPS) is 31.0. The number of nitrogens with zero attached hydrogens (tertiary/aromatic N) is 2. The van der Waals surface area contributed by atoms with E-state index in [0.717, 1.165) is 19.5 Å². The summed E-state index contributed by atoms with van der Waals surface area (Å²) in [5.41, 5.74) is 1.27. The van der Waals surface area contributed by atoms with Crippen LogP contribution in [-0.4, -0.2) is 116 Å². The molecule has 0 radical (unpaired) electrons. The molecule has 43 heavy (non-hydrogen) atoms. The molecule has 11 nitrogen and oxygen atoms in total. The van der Waals surface area contributed by atoms with Crippen LogP contribution in [-0.2, 0) is 14.3 Å². The first-order chi connectivity index (χ1) is 20.9. The van der Waals surface area contributed by atoms with Crippen LogP contribution in [0.1, 0.15) is 53.9 Å². The second-order valence-electron chi connectivity index (χ2n) is 12.6. The van der Waals surface area contributed by atoms with Gasteiger partial charge in [-0.25, -0.2) is 0 Å². The number of hydrogen-bond acceptors (Lipinski definition) is 9. The first kappa shape index (κ1) is 30.1. The Hall–Kier alpha value is -2.99. The Morgan fingerprint density at radius 2 is 2.02 bits per heavy atom. The molecule has 11 heteroatoms. The van der Waals surface area contributed by atoms with Gasteiger partial charge < -0.3 is 34.6 Å². The maximum atomic E-state index is 14.1. The molecule has 1 aromatic rings. The van der Waals surface area contributed by atoms with Gasteiger partial charge in [-0.3, -0.25) is 19.3 Å². The summed E-state index contributed by atoms with van der Waals surface area (Å²) in [4.78, 5) is 43.5. The molecule has 2 saturated carbocycles. The molecule has 1 saturated heterocycles. The first-order valence-electron chi connectivity index (χ1n) is 15.6. The lowest BCUT2D eigenvalue weighted by Crippen LogP contribution is -2.57. The quantitative estimate of drug-likeness (QED) is 0.321. The van der Waals surface area contributed by atoms with Crippen LogP contribution < -0.4 is 14.8 Å². The summed E-state index contributed by atoms with van der Waals surface area (Å²) >= 11 is 0. The second kappa shape index (κ2) is 12.9. The van der Waals surface area contributed by atoms with Gasteiger partial charge in [0, 0.05) is 55.8 Å². The molecule has 6 rings (SSSR count). The van der Waals surface area contributed by atoms with Gasteiger partial charge in [0.2, 0.25) is 11.8 Å². The van der Waals surface area contributed by atoms with E-state index >= 15 is 0 Å². The number of aldehydes is 1. The number of aliphatic hydroxyl groups excluding tert-OH is 2. The van der Waals surface area contributed by atoms with Gasteiger partial charge in [-0.2, -0.15) is 0 Å². The molecule has 3 fully saturated rings. The monoisotopic (exact) mass is 597 g/mol. The third-order valence-electron chi connectivity index (χ3n) is 10.2. The molecule has 2 amide bonds. The van der Waals surface area contributed by atoms with E-state index in [-0.39, 0.29) is 19.1 Å².